The molecule has 0 aliphatic carbocycles. The van der Waals surface area contributed by atoms with E-state index in [0.29, 0.717) is 22.9 Å². The van der Waals surface area contributed by atoms with E-state index in [4.69, 9.17) is 10.3 Å². The van der Waals surface area contributed by atoms with Crippen molar-refractivity contribution in [2.24, 2.45) is 0 Å². The monoisotopic (exact) mass is 410 g/mol. The minimum absolute atomic E-state index is 0.153. The topological polar surface area (TPSA) is 94.5 Å². The third kappa shape index (κ3) is 3.72. The van der Waals surface area contributed by atoms with Crippen molar-refractivity contribution >= 4 is 17.3 Å². The maximum absolute atomic E-state index is 14.2. The van der Waals surface area contributed by atoms with Crippen molar-refractivity contribution < 1.29 is 18.4 Å². The highest BCUT2D eigenvalue weighted by Crippen LogP contribution is 2.33. The van der Waals surface area contributed by atoms with Crippen LogP contribution in [0.4, 0.5) is 15.8 Å². The largest absolute Gasteiger partial charge is 0.465 e. The second-order valence-corrected chi connectivity index (χ2v) is 7.42. The summed E-state index contributed by atoms with van der Waals surface area (Å²) in [6.07, 6.45) is 3.55. The molecule has 156 valence electrons. The van der Waals surface area contributed by atoms with Crippen LogP contribution in [0.15, 0.2) is 40.9 Å². The second kappa shape index (κ2) is 8.14. The maximum Gasteiger partial charge on any atom is 0.340 e. The summed E-state index contributed by atoms with van der Waals surface area (Å²) >= 11 is 0. The normalized spacial score (nSPS) is 16.5. The molecule has 1 atom stereocenters. The number of piperidine rings is 1. The lowest BCUT2D eigenvalue weighted by molar-refractivity contribution is 0.0595. The van der Waals surface area contributed by atoms with Crippen LogP contribution in [0.5, 0.6) is 0 Å². The van der Waals surface area contributed by atoms with Gasteiger partial charge in [0.2, 0.25) is 5.82 Å². The molecular weight excluding hydrogens is 387 g/mol. The van der Waals surface area contributed by atoms with Crippen molar-refractivity contribution in [3.63, 3.8) is 0 Å². The molecule has 2 heterocycles. The van der Waals surface area contributed by atoms with Crippen molar-refractivity contribution in [1.29, 1.82) is 0 Å². The number of nitrogen functional groups attached to an aromatic ring is 1. The number of anilines is 2. The third-order valence-corrected chi connectivity index (χ3v) is 5.45. The van der Waals surface area contributed by atoms with Crippen molar-refractivity contribution in [3.05, 3.63) is 47.8 Å². The number of nitrogens with zero attached hydrogens (tertiary/aromatic N) is 3. The Bertz CT molecular complexity index is 1080. The molecular formula is C22H23FN4O3. The van der Waals surface area contributed by atoms with E-state index in [0.717, 1.165) is 25.1 Å². The van der Waals surface area contributed by atoms with Gasteiger partial charge in [-0.3, -0.25) is 0 Å². The molecule has 1 aliphatic rings. The first-order chi connectivity index (χ1) is 14.5. The van der Waals surface area contributed by atoms with Gasteiger partial charge >= 0.3 is 5.97 Å². The van der Waals surface area contributed by atoms with Gasteiger partial charge in [0.25, 0.3) is 5.89 Å². The molecule has 30 heavy (non-hydrogen) atoms. The van der Waals surface area contributed by atoms with Crippen LogP contribution in [0, 0.1) is 5.82 Å². The average Bonchev–Trinajstić information content (AvgIpc) is 3.24. The molecule has 0 bridgehead atoms. The Kier molecular flexibility index (Phi) is 5.39. The lowest BCUT2D eigenvalue weighted by atomic mass is 10.0. The van der Waals surface area contributed by atoms with E-state index in [1.54, 1.807) is 6.07 Å². The average molecular weight is 410 g/mol. The van der Waals surface area contributed by atoms with Crippen LogP contribution in [-0.2, 0) is 4.74 Å². The molecule has 1 aromatic heterocycles. The molecule has 2 aromatic carbocycles. The first-order valence-corrected chi connectivity index (χ1v) is 9.86. The smallest absolute Gasteiger partial charge is 0.340 e. The van der Waals surface area contributed by atoms with Gasteiger partial charge in [0.05, 0.1) is 24.0 Å². The number of esters is 1. The Morgan fingerprint density at radius 3 is 2.73 bits per heavy atom. The Morgan fingerprint density at radius 2 is 2.03 bits per heavy atom. The summed E-state index contributed by atoms with van der Waals surface area (Å²) in [4.78, 5) is 18.2. The van der Waals surface area contributed by atoms with Gasteiger partial charge in [-0.1, -0.05) is 5.16 Å². The minimum Gasteiger partial charge on any atom is -0.465 e. The van der Waals surface area contributed by atoms with E-state index in [2.05, 4.69) is 26.7 Å². The minimum atomic E-state index is -0.744. The van der Waals surface area contributed by atoms with Crippen molar-refractivity contribution in [3.8, 4) is 22.8 Å². The predicted octanol–water partition coefficient (Wildman–Crippen LogP) is 4.29. The second-order valence-electron chi connectivity index (χ2n) is 7.42. The first kappa shape index (κ1) is 19.9. The van der Waals surface area contributed by atoms with Gasteiger partial charge in [-0.15, -0.1) is 0 Å². The molecule has 8 heteroatoms. The predicted molar refractivity (Wildman–Crippen MR) is 112 cm³/mol. The summed E-state index contributed by atoms with van der Waals surface area (Å²) < 4.78 is 24.1. The fraction of sp³-hybridized carbons (Fsp3) is 0.318. The van der Waals surface area contributed by atoms with Crippen LogP contribution in [0.1, 0.15) is 36.5 Å². The fourth-order valence-corrected chi connectivity index (χ4v) is 3.79. The van der Waals surface area contributed by atoms with Crippen LogP contribution in [-0.4, -0.2) is 35.8 Å². The number of hydrogen-bond acceptors (Lipinski definition) is 7. The zero-order chi connectivity index (χ0) is 21.3. The molecule has 0 spiro atoms. The standard InChI is InChI=1S/C22H23FN4O3/c1-13-5-3-4-10-27(13)19-9-7-15(12-18(19)24)21-25-20(26-30-21)14-6-8-16(17(23)11-14)22(28)29-2/h6-9,11-13H,3-5,10,24H2,1-2H3. The maximum atomic E-state index is 14.2. The Balaban J connectivity index is 1.59. The van der Waals surface area contributed by atoms with Gasteiger partial charge in [0.15, 0.2) is 0 Å². The summed E-state index contributed by atoms with van der Waals surface area (Å²) in [6.45, 7) is 3.20. The SMILES string of the molecule is COC(=O)c1ccc(-c2noc(-c3ccc(N4CCCCC4C)c(N)c3)n2)cc1F. The van der Waals surface area contributed by atoms with Crippen LogP contribution < -0.4 is 10.6 Å². The van der Waals surface area contributed by atoms with Crippen LogP contribution in [0.3, 0.4) is 0 Å². The molecule has 2 N–H and O–H groups in total. The zero-order valence-electron chi connectivity index (χ0n) is 16.9. The molecule has 1 saturated heterocycles. The highest BCUT2D eigenvalue weighted by molar-refractivity contribution is 5.90. The number of aromatic nitrogens is 2. The van der Waals surface area contributed by atoms with Gasteiger partial charge in [-0.25, -0.2) is 9.18 Å². The van der Waals surface area contributed by atoms with E-state index >= 15 is 0 Å². The van der Waals surface area contributed by atoms with E-state index in [9.17, 15) is 9.18 Å². The van der Waals surface area contributed by atoms with Gasteiger partial charge in [-0.2, -0.15) is 4.98 Å². The van der Waals surface area contributed by atoms with Crippen LogP contribution in [0.2, 0.25) is 0 Å². The molecule has 1 aliphatic heterocycles. The summed E-state index contributed by atoms with van der Waals surface area (Å²) in [6, 6.07) is 10.2. The lowest BCUT2D eigenvalue weighted by Crippen LogP contribution is -2.37. The summed E-state index contributed by atoms with van der Waals surface area (Å²) in [5, 5.41) is 3.93. The van der Waals surface area contributed by atoms with Crippen molar-refractivity contribution in [2.45, 2.75) is 32.2 Å². The highest BCUT2D eigenvalue weighted by atomic mass is 19.1. The summed E-state index contributed by atoms with van der Waals surface area (Å²) in [5.41, 5.74) is 8.90. The van der Waals surface area contributed by atoms with Crippen LogP contribution in [0.25, 0.3) is 22.8 Å². The number of nitrogens with two attached hydrogens (primary N) is 1. The lowest BCUT2D eigenvalue weighted by Gasteiger charge is -2.36. The Morgan fingerprint density at radius 1 is 1.23 bits per heavy atom. The number of benzene rings is 2. The molecule has 1 fully saturated rings. The summed E-state index contributed by atoms with van der Waals surface area (Å²) in [7, 11) is 1.20. The van der Waals surface area contributed by atoms with Gasteiger partial charge in [0, 0.05) is 23.7 Å². The molecule has 0 radical (unpaired) electrons. The van der Waals surface area contributed by atoms with E-state index < -0.39 is 11.8 Å². The Labute approximate surface area is 173 Å². The number of methoxy groups -OCH3 is 1. The highest BCUT2D eigenvalue weighted by Gasteiger charge is 2.21. The van der Waals surface area contributed by atoms with Gasteiger partial charge in [0.1, 0.15) is 5.82 Å². The molecule has 4 rings (SSSR count). The van der Waals surface area contributed by atoms with E-state index in [1.807, 2.05) is 18.2 Å². The number of hydrogen-bond donors (Lipinski definition) is 1. The fourth-order valence-electron chi connectivity index (χ4n) is 3.79. The molecule has 7 nitrogen and oxygen atoms in total. The van der Waals surface area contributed by atoms with Crippen molar-refractivity contribution in [1.82, 2.24) is 10.1 Å². The molecule has 3 aromatic rings. The van der Waals surface area contributed by atoms with E-state index in [1.165, 1.54) is 25.7 Å². The molecule has 1 unspecified atom stereocenters. The number of ether oxygens (including phenoxy) is 1. The number of carbonyl (C=O) groups is 1. The van der Waals surface area contributed by atoms with Gasteiger partial charge < -0.3 is 19.9 Å². The van der Waals surface area contributed by atoms with Crippen molar-refractivity contribution in [2.75, 3.05) is 24.3 Å². The summed E-state index contributed by atoms with van der Waals surface area (Å²) in [5.74, 6) is -0.957. The van der Waals surface area contributed by atoms with Crippen LogP contribution >= 0.6 is 0 Å². The quantitative estimate of drug-likeness (QED) is 0.506. The number of halogens is 1. The Hall–Kier alpha value is -3.42. The number of rotatable bonds is 4. The third-order valence-electron chi connectivity index (χ3n) is 5.45. The molecule has 0 amide bonds. The number of carbonyl (C=O) groups excluding carboxylic acids is 1. The first-order valence-electron chi connectivity index (χ1n) is 9.86. The zero-order valence-corrected chi connectivity index (χ0v) is 16.9. The van der Waals surface area contributed by atoms with E-state index in [-0.39, 0.29) is 17.3 Å². The van der Waals surface area contributed by atoms with Gasteiger partial charge in [-0.05, 0) is 62.6 Å². The molecule has 0 saturated carbocycles.